The smallest absolute Gasteiger partial charge is 0.236 e. The zero-order valence-electron chi connectivity index (χ0n) is 10.7. The maximum absolute atomic E-state index is 11.2. The van der Waals surface area contributed by atoms with Gasteiger partial charge in [0.1, 0.15) is 0 Å². The van der Waals surface area contributed by atoms with Crippen molar-refractivity contribution >= 4 is 5.91 Å². The van der Waals surface area contributed by atoms with Gasteiger partial charge in [-0.15, -0.1) is 0 Å². The third-order valence-electron chi connectivity index (χ3n) is 2.52. The third kappa shape index (κ3) is 7.33. The normalized spacial score (nSPS) is 11.1. The van der Waals surface area contributed by atoms with E-state index in [0.29, 0.717) is 12.6 Å². The quantitative estimate of drug-likeness (QED) is 0.624. The van der Waals surface area contributed by atoms with Crippen molar-refractivity contribution in [2.45, 2.75) is 26.3 Å². The summed E-state index contributed by atoms with van der Waals surface area (Å²) in [5, 5.41) is 3.14. The first-order chi connectivity index (χ1) is 6.95. The van der Waals surface area contributed by atoms with Crippen LogP contribution in [0.5, 0.6) is 0 Å². The van der Waals surface area contributed by atoms with E-state index in [-0.39, 0.29) is 5.91 Å². The van der Waals surface area contributed by atoms with Crippen molar-refractivity contribution in [2.75, 3.05) is 40.8 Å². The topological polar surface area (TPSA) is 35.6 Å². The monoisotopic (exact) mass is 215 g/mol. The van der Waals surface area contributed by atoms with Gasteiger partial charge in [-0.2, -0.15) is 0 Å². The summed E-state index contributed by atoms with van der Waals surface area (Å²) < 4.78 is 0. The minimum atomic E-state index is 0.132. The minimum absolute atomic E-state index is 0.132. The molecule has 90 valence electrons. The van der Waals surface area contributed by atoms with Crippen molar-refractivity contribution in [1.82, 2.24) is 15.1 Å². The SMILES string of the molecule is CC(C)N(C)CCCNCC(=O)N(C)C. The zero-order chi connectivity index (χ0) is 11.8. The lowest BCUT2D eigenvalue weighted by Gasteiger charge is -2.20. The van der Waals surface area contributed by atoms with Crippen molar-refractivity contribution in [2.24, 2.45) is 0 Å². The second kappa shape index (κ2) is 7.65. The number of nitrogens with zero attached hydrogens (tertiary/aromatic N) is 2. The maximum atomic E-state index is 11.2. The van der Waals surface area contributed by atoms with E-state index < -0.39 is 0 Å². The third-order valence-corrected chi connectivity index (χ3v) is 2.52. The Morgan fingerprint density at radius 1 is 1.27 bits per heavy atom. The van der Waals surface area contributed by atoms with E-state index in [4.69, 9.17) is 0 Å². The molecule has 1 amide bonds. The summed E-state index contributed by atoms with van der Waals surface area (Å²) >= 11 is 0. The van der Waals surface area contributed by atoms with Gasteiger partial charge in [0, 0.05) is 20.1 Å². The van der Waals surface area contributed by atoms with Gasteiger partial charge in [0.15, 0.2) is 0 Å². The van der Waals surface area contributed by atoms with Crippen LogP contribution in [0.1, 0.15) is 20.3 Å². The highest BCUT2D eigenvalue weighted by Crippen LogP contribution is 1.93. The van der Waals surface area contributed by atoms with E-state index in [9.17, 15) is 4.79 Å². The van der Waals surface area contributed by atoms with Crippen LogP contribution < -0.4 is 5.32 Å². The number of carbonyl (C=O) groups is 1. The van der Waals surface area contributed by atoms with Gasteiger partial charge < -0.3 is 15.1 Å². The second-order valence-electron chi connectivity index (χ2n) is 4.39. The van der Waals surface area contributed by atoms with Crippen molar-refractivity contribution in [1.29, 1.82) is 0 Å². The Bertz CT molecular complexity index is 181. The van der Waals surface area contributed by atoms with E-state index in [1.807, 2.05) is 0 Å². The Kier molecular flexibility index (Phi) is 7.34. The predicted octanol–water partition coefficient (Wildman–Crippen LogP) is 0.395. The average Bonchev–Trinajstić information content (AvgIpc) is 2.16. The molecule has 0 aromatic carbocycles. The molecule has 0 spiro atoms. The molecule has 0 aromatic heterocycles. The fourth-order valence-corrected chi connectivity index (χ4v) is 1.07. The van der Waals surface area contributed by atoms with E-state index in [0.717, 1.165) is 19.5 Å². The fraction of sp³-hybridized carbons (Fsp3) is 0.909. The molecule has 15 heavy (non-hydrogen) atoms. The Labute approximate surface area is 93.6 Å². The number of likely N-dealkylation sites (N-methyl/N-ethyl adjacent to an activating group) is 1. The molecule has 0 atom stereocenters. The highest BCUT2D eigenvalue weighted by atomic mass is 16.2. The highest BCUT2D eigenvalue weighted by Gasteiger charge is 2.03. The Balaban J connectivity index is 3.36. The molecule has 0 aromatic rings. The van der Waals surface area contributed by atoms with Crippen molar-refractivity contribution in [3.8, 4) is 0 Å². The molecule has 0 aliphatic rings. The molecule has 0 radical (unpaired) electrons. The van der Waals surface area contributed by atoms with Crippen LogP contribution in [0.4, 0.5) is 0 Å². The van der Waals surface area contributed by atoms with Crippen LogP contribution in [-0.4, -0.2) is 62.5 Å². The highest BCUT2D eigenvalue weighted by molar-refractivity contribution is 5.77. The largest absolute Gasteiger partial charge is 0.348 e. The van der Waals surface area contributed by atoms with Crippen molar-refractivity contribution < 1.29 is 4.79 Å². The molecule has 0 saturated carbocycles. The first-order valence-electron chi connectivity index (χ1n) is 5.56. The van der Waals surface area contributed by atoms with Crippen LogP contribution in [0.2, 0.25) is 0 Å². The summed E-state index contributed by atoms with van der Waals surface area (Å²) in [6, 6.07) is 0.591. The van der Waals surface area contributed by atoms with Gasteiger partial charge in [0.25, 0.3) is 0 Å². The van der Waals surface area contributed by atoms with E-state index in [1.165, 1.54) is 0 Å². The van der Waals surface area contributed by atoms with Gasteiger partial charge >= 0.3 is 0 Å². The van der Waals surface area contributed by atoms with Gasteiger partial charge in [-0.05, 0) is 40.4 Å². The van der Waals surface area contributed by atoms with Crippen LogP contribution in [0.25, 0.3) is 0 Å². The van der Waals surface area contributed by atoms with Crippen LogP contribution in [-0.2, 0) is 4.79 Å². The maximum Gasteiger partial charge on any atom is 0.236 e. The van der Waals surface area contributed by atoms with Gasteiger partial charge in [0.2, 0.25) is 5.91 Å². The number of carbonyl (C=O) groups excluding carboxylic acids is 1. The molecular weight excluding hydrogens is 190 g/mol. The summed E-state index contributed by atoms with van der Waals surface area (Å²) in [4.78, 5) is 15.1. The van der Waals surface area contributed by atoms with Gasteiger partial charge in [-0.3, -0.25) is 4.79 Å². The Morgan fingerprint density at radius 2 is 1.87 bits per heavy atom. The van der Waals surface area contributed by atoms with Crippen LogP contribution >= 0.6 is 0 Å². The molecule has 1 N–H and O–H groups in total. The van der Waals surface area contributed by atoms with Gasteiger partial charge in [0.05, 0.1) is 6.54 Å². The first kappa shape index (κ1) is 14.4. The lowest BCUT2D eigenvalue weighted by atomic mass is 10.3. The standard InChI is InChI=1S/C11H25N3O/c1-10(2)14(5)8-6-7-12-9-11(15)13(3)4/h10,12H,6-9H2,1-5H3. The summed E-state index contributed by atoms with van der Waals surface area (Å²) in [5.41, 5.74) is 0. The van der Waals surface area contributed by atoms with Crippen LogP contribution in [0.3, 0.4) is 0 Å². The molecule has 0 bridgehead atoms. The molecule has 0 heterocycles. The Morgan fingerprint density at radius 3 is 2.33 bits per heavy atom. The number of amides is 1. The van der Waals surface area contributed by atoms with Crippen molar-refractivity contribution in [3.63, 3.8) is 0 Å². The lowest BCUT2D eigenvalue weighted by molar-refractivity contribution is -0.127. The fourth-order valence-electron chi connectivity index (χ4n) is 1.07. The average molecular weight is 215 g/mol. The lowest BCUT2D eigenvalue weighted by Crippen LogP contribution is -2.35. The van der Waals surface area contributed by atoms with Gasteiger partial charge in [-0.25, -0.2) is 0 Å². The molecular formula is C11H25N3O. The van der Waals surface area contributed by atoms with E-state index >= 15 is 0 Å². The summed E-state index contributed by atoms with van der Waals surface area (Å²) in [5.74, 6) is 0.132. The zero-order valence-corrected chi connectivity index (χ0v) is 10.7. The summed E-state index contributed by atoms with van der Waals surface area (Å²) in [6.45, 7) is 6.78. The molecule has 0 aliphatic carbocycles. The predicted molar refractivity (Wildman–Crippen MR) is 63.9 cm³/mol. The summed E-state index contributed by atoms with van der Waals surface area (Å²) in [6.07, 6.45) is 1.08. The van der Waals surface area contributed by atoms with E-state index in [2.05, 4.69) is 31.1 Å². The minimum Gasteiger partial charge on any atom is -0.348 e. The molecule has 0 saturated heterocycles. The molecule has 0 aliphatic heterocycles. The number of rotatable bonds is 7. The number of nitrogens with one attached hydrogen (secondary N) is 1. The Hall–Kier alpha value is -0.610. The molecule has 4 nitrogen and oxygen atoms in total. The molecule has 0 unspecified atom stereocenters. The van der Waals surface area contributed by atoms with Crippen LogP contribution in [0.15, 0.2) is 0 Å². The molecule has 0 fully saturated rings. The van der Waals surface area contributed by atoms with Crippen molar-refractivity contribution in [3.05, 3.63) is 0 Å². The number of hydrogen-bond donors (Lipinski definition) is 1. The molecule has 0 rings (SSSR count). The first-order valence-corrected chi connectivity index (χ1v) is 5.56. The summed E-state index contributed by atoms with van der Waals surface area (Å²) in [7, 11) is 5.67. The van der Waals surface area contributed by atoms with Gasteiger partial charge in [-0.1, -0.05) is 0 Å². The molecule has 4 heteroatoms. The van der Waals surface area contributed by atoms with E-state index in [1.54, 1.807) is 19.0 Å². The van der Waals surface area contributed by atoms with Crippen LogP contribution in [0, 0.1) is 0 Å². The second-order valence-corrected chi connectivity index (χ2v) is 4.39. The number of hydrogen-bond acceptors (Lipinski definition) is 3.